The Morgan fingerprint density at radius 1 is 1.30 bits per heavy atom. The van der Waals surface area contributed by atoms with E-state index < -0.39 is 30.6 Å². The number of carbonyl (C=O) groups is 2. The second-order valence-electron chi connectivity index (χ2n) is 5.55. The number of anilines is 1. The fraction of sp³-hybridized carbons (Fsp3) is 0.429. The van der Waals surface area contributed by atoms with E-state index in [1.165, 1.54) is 11.9 Å². The number of rotatable bonds is 1. The second kappa shape index (κ2) is 5.41. The second-order valence-corrected chi connectivity index (χ2v) is 6.43. The molecule has 0 aromatic heterocycles. The van der Waals surface area contributed by atoms with Gasteiger partial charge in [-0.25, -0.2) is 9.69 Å². The van der Waals surface area contributed by atoms with E-state index >= 15 is 0 Å². The van der Waals surface area contributed by atoms with Gasteiger partial charge in [-0.1, -0.05) is 0 Å². The molecule has 5 nitrogen and oxygen atoms in total. The molecular formula is C14H14F3N3O2S. The highest BCUT2D eigenvalue weighted by molar-refractivity contribution is 7.97. The van der Waals surface area contributed by atoms with Crippen molar-refractivity contribution in [2.75, 3.05) is 11.9 Å². The van der Waals surface area contributed by atoms with Crippen LogP contribution in [0.25, 0.3) is 0 Å². The van der Waals surface area contributed by atoms with E-state index in [1.54, 1.807) is 18.2 Å². The maximum atomic E-state index is 12.9. The fourth-order valence-electron chi connectivity index (χ4n) is 2.70. The molecule has 0 saturated carbocycles. The first-order chi connectivity index (χ1) is 10.7. The van der Waals surface area contributed by atoms with Crippen LogP contribution in [0.3, 0.4) is 0 Å². The van der Waals surface area contributed by atoms with Crippen LogP contribution in [-0.2, 0) is 4.79 Å². The molecule has 2 heterocycles. The predicted octanol–water partition coefficient (Wildman–Crippen LogP) is 3.08. The largest absolute Gasteiger partial charge is 0.409 e. The summed E-state index contributed by atoms with van der Waals surface area (Å²) in [6.45, 7) is 1.92. The van der Waals surface area contributed by atoms with Gasteiger partial charge >= 0.3 is 12.2 Å². The summed E-state index contributed by atoms with van der Waals surface area (Å²) in [4.78, 5) is 26.8. The summed E-state index contributed by atoms with van der Waals surface area (Å²) in [6, 6.07) is 1.99. The van der Waals surface area contributed by atoms with Crippen LogP contribution in [0.2, 0.25) is 0 Å². The van der Waals surface area contributed by atoms with Gasteiger partial charge in [0.1, 0.15) is 6.04 Å². The lowest BCUT2D eigenvalue weighted by molar-refractivity contribution is -0.179. The van der Waals surface area contributed by atoms with E-state index in [-0.39, 0.29) is 6.04 Å². The lowest BCUT2D eigenvalue weighted by Gasteiger charge is -2.38. The quantitative estimate of drug-likeness (QED) is 0.795. The highest BCUT2D eigenvalue weighted by Gasteiger charge is 2.51. The number of nitrogens with one attached hydrogen (secondary N) is 1. The number of amides is 3. The van der Waals surface area contributed by atoms with Gasteiger partial charge in [-0.3, -0.25) is 9.52 Å². The Morgan fingerprint density at radius 2 is 2.00 bits per heavy atom. The molecule has 2 aliphatic heterocycles. The van der Waals surface area contributed by atoms with Crippen LogP contribution < -0.4 is 9.62 Å². The van der Waals surface area contributed by atoms with Gasteiger partial charge in [0, 0.05) is 18.0 Å². The summed E-state index contributed by atoms with van der Waals surface area (Å²) < 4.78 is 41.9. The SMILES string of the molecule is CC1NSc2ccc(N3C(=O)CC(C(F)(F)F)N(C)C3=O)cc21. The first kappa shape index (κ1) is 16.1. The molecule has 0 aliphatic carbocycles. The number of hydrogen-bond acceptors (Lipinski definition) is 4. The van der Waals surface area contributed by atoms with Crippen LogP contribution in [0, 0.1) is 0 Å². The maximum Gasteiger partial charge on any atom is 0.409 e. The van der Waals surface area contributed by atoms with E-state index in [0.29, 0.717) is 10.6 Å². The van der Waals surface area contributed by atoms with Crippen LogP contribution in [0.4, 0.5) is 23.7 Å². The third-order valence-electron chi connectivity index (χ3n) is 4.02. The zero-order valence-electron chi connectivity index (χ0n) is 12.3. The van der Waals surface area contributed by atoms with Gasteiger partial charge < -0.3 is 4.90 Å². The van der Waals surface area contributed by atoms with Crippen molar-refractivity contribution >= 4 is 29.6 Å². The van der Waals surface area contributed by atoms with E-state index in [4.69, 9.17) is 0 Å². The molecular weight excluding hydrogens is 331 g/mol. The summed E-state index contributed by atoms with van der Waals surface area (Å²) in [5, 5.41) is 0. The smallest absolute Gasteiger partial charge is 0.314 e. The Labute approximate surface area is 134 Å². The molecule has 3 rings (SSSR count). The first-order valence-corrected chi connectivity index (χ1v) is 7.74. The van der Waals surface area contributed by atoms with Gasteiger partial charge in [0.15, 0.2) is 0 Å². The minimum Gasteiger partial charge on any atom is -0.314 e. The third-order valence-corrected chi connectivity index (χ3v) is 5.08. The Hall–Kier alpha value is -1.74. The van der Waals surface area contributed by atoms with Crippen molar-refractivity contribution in [1.29, 1.82) is 0 Å². The lowest BCUT2D eigenvalue weighted by atomic mass is 10.1. The van der Waals surface area contributed by atoms with Crippen LogP contribution in [0.5, 0.6) is 0 Å². The standard InChI is InChI=1S/C14H14F3N3O2S/c1-7-9-5-8(3-4-10(9)23-18-7)20-12(21)6-11(14(15,16)17)19(2)13(20)22/h3-5,7,11,18H,6H2,1-2H3. The molecule has 2 atom stereocenters. The molecule has 1 aromatic carbocycles. The van der Waals surface area contributed by atoms with Crippen LogP contribution >= 0.6 is 11.9 Å². The van der Waals surface area contributed by atoms with Crippen molar-refractivity contribution in [2.45, 2.75) is 36.5 Å². The maximum absolute atomic E-state index is 12.9. The monoisotopic (exact) mass is 345 g/mol. The number of hydrogen-bond donors (Lipinski definition) is 1. The van der Waals surface area contributed by atoms with Crippen molar-refractivity contribution in [3.05, 3.63) is 23.8 Å². The van der Waals surface area contributed by atoms with Gasteiger partial charge in [0.05, 0.1) is 12.1 Å². The van der Waals surface area contributed by atoms with Crippen LogP contribution in [0.1, 0.15) is 24.9 Å². The zero-order valence-corrected chi connectivity index (χ0v) is 13.2. The first-order valence-electron chi connectivity index (χ1n) is 6.93. The summed E-state index contributed by atoms with van der Waals surface area (Å²) in [6.07, 6.45) is -5.40. The molecule has 3 amide bonds. The number of halogens is 3. The average molecular weight is 345 g/mol. The van der Waals surface area contributed by atoms with Crippen molar-refractivity contribution in [2.24, 2.45) is 0 Å². The number of urea groups is 1. The summed E-state index contributed by atoms with van der Waals surface area (Å²) in [5.41, 5.74) is 1.20. The number of alkyl halides is 3. The molecule has 0 spiro atoms. The molecule has 1 aromatic rings. The average Bonchev–Trinajstić information content (AvgIpc) is 2.83. The molecule has 1 N–H and O–H groups in total. The molecule has 1 saturated heterocycles. The highest BCUT2D eigenvalue weighted by atomic mass is 32.2. The number of nitrogens with zero attached hydrogens (tertiary/aromatic N) is 2. The molecule has 9 heteroatoms. The minimum absolute atomic E-state index is 0.0330. The van der Waals surface area contributed by atoms with E-state index in [1.807, 2.05) is 6.92 Å². The Balaban J connectivity index is 1.94. The third kappa shape index (κ3) is 2.67. The molecule has 0 bridgehead atoms. The van der Waals surface area contributed by atoms with Crippen molar-refractivity contribution in [3.8, 4) is 0 Å². The van der Waals surface area contributed by atoms with Crippen molar-refractivity contribution in [3.63, 3.8) is 0 Å². The summed E-state index contributed by atoms with van der Waals surface area (Å²) in [7, 11) is 1.06. The Bertz CT molecular complexity index is 680. The topological polar surface area (TPSA) is 52.7 Å². The minimum atomic E-state index is -4.63. The molecule has 2 aliphatic rings. The lowest BCUT2D eigenvalue weighted by Crippen LogP contribution is -2.60. The van der Waals surface area contributed by atoms with Gasteiger partial charge in [-0.2, -0.15) is 13.2 Å². The van der Waals surface area contributed by atoms with Gasteiger partial charge in [-0.15, -0.1) is 0 Å². The van der Waals surface area contributed by atoms with Gasteiger partial charge in [0.2, 0.25) is 5.91 Å². The van der Waals surface area contributed by atoms with Gasteiger partial charge in [-0.05, 0) is 42.6 Å². The summed E-state index contributed by atoms with van der Waals surface area (Å²) in [5.74, 6) is -0.846. The Morgan fingerprint density at radius 3 is 2.65 bits per heavy atom. The number of imide groups is 1. The van der Waals surface area contributed by atoms with E-state index in [0.717, 1.165) is 22.4 Å². The van der Waals surface area contributed by atoms with Crippen LogP contribution in [0.15, 0.2) is 23.1 Å². The van der Waals surface area contributed by atoms with Crippen LogP contribution in [-0.4, -0.2) is 36.1 Å². The van der Waals surface area contributed by atoms with E-state index in [9.17, 15) is 22.8 Å². The van der Waals surface area contributed by atoms with Crippen molar-refractivity contribution < 1.29 is 22.8 Å². The molecule has 0 radical (unpaired) electrons. The highest BCUT2D eigenvalue weighted by Crippen LogP contribution is 2.38. The Kier molecular flexibility index (Phi) is 3.80. The fourth-order valence-corrected chi connectivity index (χ4v) is 3.62. The summed E-state index contributed by atoms with van der Waals surface area (Å²) >= 11 is 1.44. The van der Waals surface area contributed by atoms with E-state index in [2.05, 4.69) is 4.72 Å². The van der Waals surface area contributed by atoms with Crippen molar-refractivity contribution in [1.82, 2.24) is 9.62 Å². The molecule has 2 unspecified atom stereocenters. The molecule has 23 heavy (non-hydrogen) atoms. The number of carbonyl (C=O) groups excluding carboxylic acids is 2. The number of fused-ring (bicyclic) bond motifs is 1. The molecule has 124 valence electrons. The predicted molar refractivity (Wildman–Crippen MR) is 79.0 cm³/mol. The normalized spacial score (nSPS) is 25.1. The zero-order chi connectivity index (χ0) is 16.9. The van der Waals surface area contributed by atoms with Gasteiger partial charge in [0.25, 0.3) is 0 Å². The molecule has 1 fully saturated rings. The number of benzene rings is 1.